The fraction of sp³-hybridized carbons (Fsp3) is 0.786. The molecule has 9 heteroatoms. The SMILES string of the molecule is CN1C(=O)N(CC(=O)NCC(F)(F)CN)C(=O)C12CCCCC2. The zero-order valence-corrected chi connectivity index (χ0v) is 13.1. The van der Waals surface area contributed by atoms with Crippen molar-refractivity contribution in [1.29, 1.82) is 0 Å². The molecule has 1 saturated carbocycles. The third-order valence-corrected chi connectivity index (χ3v) is 4.63. The Morgan fingerprint density at radius 3 is 2.48 bits per heavy atom. The van der Waals surface area contributed by atoms with Gasteiger partial charge in [-0.1, -0.05) is 19.3 Å². The van der Waals surface area contributed by atoms with E-state index in [4.69, 9.17) is 5.73 Å². The van der Waals surface area contributed by atoms with Crippen LogP contribution in [0.4, 0.5) is 13.6 Å². The summed E-state index contributed by atoms with van der Waals surface area (Å²) in [4.78, 5) is 38.9. The summed E-state index contributed by atoms with van der Waals surface area (Å²) < 4.78 is 26.1. The number of halogens is 2. The lowest BCUT2D eigenvalue weighted by atomic mass is 9.81. The number of imide groups is 1. The first-order valence-corrected chi connectivity index (χ1v) is 7.68. The average molecular weight is 332 g/mol. The predicted molar refractivity (Wildman–Crippen MR) is 77.7 cm³/mol. The number of urea groups is 1. The summed E-state index contributed by atoms with van der Waals surface area (Å²) in [6, 6.07) is -0.558. The maximum absolute atomic E-state index is 13.0. The number of hydrogen-bond acceptors (Lipinski definition) is 4. The number of rotatable bonds is 5. The van der Waals surface area contributed by atoms with Crippen molar-refractivity contribution in [3.05, 3.63) is 0 Å². The van der Waals surface area contributed by atoms with Crippen molar-refractivity contribution in [2.75, 3.05) is 26.7 Å². The second kappa shape index (κ2) is 6.38. The lowest BCUT2D eigenvalue weighted by molar-refractivity contribution is -0.137. The van der Waals surface area contributed by atoms with Gasteiger partial charge in [0.05, 0.1) is 13.1 Å². The van der Waals surface area contributed by atoms with Gasteiger partial charge < -0.3 is 16.0 Å². The second-order valence-corrected chi connectivity index (χ2v) is 6.16. The summed E-state index contributed by atoms with van der Waals surface area (Å²) in [7, 11) is 1.55. The molecule has 2 rings (SSSR count). The Balaban J connectivity index is 2.01. The Labute approximate surface area is 133 Å². The molecule has 2 aliphatic rings. The molecule has 1 aliphatic heterocycles. The molecule has 0 aromatic carbocycles. The first-order chi connectivity index (χ1) is 10.7. The Bertz CT molecular complexity index is 506. The summed E-state index contributed by atoms with van der Waals surface area (Å²) >= 11 is 0. The van der Waals surface area contributed by atoms with Crippen molar-refractivity contribution >= 4 is 17.8 Å². The molecule has 23 heavy (non-hydrogen) atoms. The smallest absolute Gasteiger partial charge is 0.327 e. The molecule has 0 aromatic rings. The monoisotopic (exact) mass is 332 g/mol. The van der Waals surface area contributed by atoms with Gasteiger partial charge in [0.25, 0.3) is 11.8 Å². The van der Waals surface area contributed by atoms with Crippen LogP contribution >= 0.6 is 0 Å². The highest BCUT2D eigenvalue weighted by atomic mass is 19.3. The average Bonchev–Trinajstić information content (AvgIpc) is 2.70. The molecule has 7 nitrogen and oxygen atoms in total. The third-order valence-electron chi connectivity index (χ3n) is 4.63. The largest absolute Gasteiger partial charge is 0.348 e. The number of carbonyl (C=O) groups excluding carboxylic acids is 3. The molecule has 1 heterocycles. The van der Waals surface area contributed by atoms with E-state index in [-0.39, 0.29) is 0 Å². The first kappa shape index (κ1) is 17.6. The third kappa shape index (κ3) is 3.29. The van der Waals surface area contributed by atoms with Crippen LogP contribution in [0.5, 0.6) is 0 Å². The minimum Gasteiger partial charge on any atom is -0.348 e. The molecular formula is C14H22F2N4O3. The molecule has 2 fully saturated rings. The number of amides is 4. The predicted octanol–water partition coefficient (Wildman–Crippen LogP) is 0.294. The molecule has 4 amide bonds. The van der Waals surface area contributed by atoms with E-state index in [0.717, 1.165) is 24.2 Å². The molecule has 130 valence electrons. The van der Waals surface area contributed by atoms with Crippen molar-refractivity contribution < 1.29 is 23.2 Å². The fourth-order valence-corrected chi connectivity index (χ4v) is 3.17. The summed E-state index contributed by atoms with van der Waals surface area (Å²) in [5.74, 6) is -4.43. The van der Waals surface area contributed by atoms with E-state index in [1.807, 2.05) is 5.32 Å². The first-order valence-electron chi connectivity index (χ1n) is 7.68. The van der Waals surface area contributed by atoms with Gasteiger partial charge in [-0.15, -0.1) is 0 Å². The lowest BCUT2D eigenvalue weighted by Gasteiger charge is -2.35. The van der Waals surface area contributed by atoms with Crippen molar-refractivity contribution in [1.82, 2.24) is 15.1 Å². The van der Waals surface area contributed by atoms with Crippen LogP contribution in [-0.4, -0.2) is 65.8 Å². The number of alkyl halides is 2. The topological polar surface area (TPSA) is 95.7 Å². The zero-order chi connectivity index (χ0) is 17.3. The Morgan fingerprint density at radius 1 is 1.30 bits per heavy atom. The highest BCUT2D eigenvalue weighted by Gasteiger charge is 2.55. The minimum atomic E-state index is -3.21. The van der Waals surface area contributed by atoms with Gasteiger partial charge in [0.1, 0.15) is 12.1 Å². The van der Waals surface area contributed by atoms with Crippen LogP contribution in [0.25, 0.3) is 0 Å². The van der Waals surface area contributed by atoms with Gasteiger partial charge in [0, 0.05) is 7.05 Å². The highest BCUT2D eigenvalue weighted by Crippen LogP contribution is 2.39. The van der Waals surface area contributed by atoms with Crippen molar-refractivity contribution in [2.45, 2.75) is 43.6 Å². The molecule has 3 N–H and O–H groups in total. The summed E-state index contributed by atoms with van der Waals surface area (Å²) in [5.41, 5.74) is 4.01. The van der Waals surface area contributed by atoms with Gasteiger partial charge in [-0.2, -0.15) is 0 Å². The van der Waals surface area contributed by atoms with Crippen molar-refractivity contribution in [3.8, 4) is 0 Å². The molecular weight excluding hydrogens is 310 g/mol. The van der Waals surface area contributed by atoms with E-state index in [1.165, 1.54) is 4.90 Å². The Hall–Kier alpha value is -1.77. The van der Waals surface area contributed by atoms with Gasteiger partial charge in [0.15, 0.2) is 0 Å². The molecule has 1 saturated heterocycles. The van der Waals surface area contributed by atoms with Gasteiger partial charge in [-0.25, -0.2) is 13.6 Å². The van der Waals surface area contributed by atoms with E-state index >= 15 is 0 Å². The van der Waals surface area contributed by atoms with Crippen molar-refractivity contribution in [3.63, 3.8) is 0 Å². The number of likely N-dealkylation sites (N-methyl/N-ethyl adjacent to an activating group) is 1. The zero-order valence-electron chi connectivity index (χ0n) is 13.1. The van der Waals surface area contributed by atoms with Crippen LogP contribution in [0.3, 0.4) is 0 Å². The van der Waals surface area contributed by atoms with E-state index in [1.54, 1.807) is 7.05 Å². The number of carbonyl (C=O) groups is 3. The number of hydrogen-bond donors (Lipinski definition) is 2. The highest BCUT2D eigenvalue weighted by molar-refractivity contribution is 6.08. The summed E-state index contributed by atoms with van der Waals surface area (Å²) in [6.07, 6.45) is 3.82. The summed E-state index contributed by atoms with van der Waals surface area (Å²) in [6.45, 7) is -2.36. The van der Waals surface area contributed by atoms with Gasteiger partial charge >= 0.3 is 6.03 Å². The van der Waals surface area contributed by atoms with Crippen LogP contribution < -0.4 is 11.1 Å². The minimum absolute atomic E-state index is 0.412. The maximum Gasteiger partial charge on any atom is 0.327 e. The standard InChI is InChI=1S/C14H22F2N4O3/c1-19-12(23)20(7-10(21)18-9-14(15,16)8-17)11(22)13(19)5-3-2-4-6-13/h2-9,17H2,1H3,(H,18,21). The number of nitrogens with one attached hydrogen (secondary N) is 1. The van der Waals surface area contributed by atoms with Gasteiger partial charge in [0.2, 0.25) is 5.91 Å². The molecule has 0 radical (unpaired) electrons. The van der Waals surface area contributed by atoms with Crippen LogP contribution in [0.15, 0.2) is 0 Å². The van der Waals surface area contributed by atoms with Crippen LogP contribution in [0, 0.1) is 0 Å². The van der Waals surface area contributed by atoms with Crippen LogP contribution in [0.2, 0.25) is 0 Å². The number of nitrogens with two attached hydrogens (primary N) is 1. The normalized spacial score (nSPS) is 21.2. The van der Waals surface area contributed by atoms with E-state index < -0.39 is 48.9 Å². The van der Waals surface area contributed by atoms with Crippen LogP contribution in [0.1, 0.15) is 32.1 Å². The molecule has 0 unspecified atom stereocenters. The van der Waals surface area contributed by atoms with Crippen molar-refractivity contribution in [2.24, 2.45) is 5.73 Å². The molecule has 0 atom stereocenters. The quantitative estimate of drug-likeness (QED) is 0.708. The lowest BCUT2D eigenvalue weighted by Crippen LogP contribution is -2.50. The Morgan fingerprint density at radius 2 is 1.91 bits per heavy atom. The van der Waals surface area contributed by atoms with E-state index in [0.29, 0.717) is 12.8 Å². The van der Waals surface area contributed by atoms with Crippen LogP contribution in [-0.2, 0) is 9.59 Å². The summed E-state index contributed by atoms with van der Waals surface area (Å²) in [5, 5.41) is 2.01. The van der Waals surface area contributed by atoms with E-state index in [2.05, 4.69) is 0 Å². The van der Waals surface area contributed by atoms with E-state index in [9.17, 15) is 23.2 Å². The Kier molecular flexibility index (Phi) is 4.88. The maximum atomic E-state index is 13.0. The number of nitrogens with zero attached hydrogens (tertiary/aromatic N) is 2. The van der Waals surface area contributed by atoms with Gasteiger partial charge in [-0.3, -0.25) is 14.5 Å². The second-order valence-electron chi connectivity index (χ2n) is 6.16. The molecule has 0 aromatic heterocycles. The molecule has 1 aliphatic carbocycles. The molecule has 1 spiro atoms. The fourth-order valence-electron chi connectivity index (χ4n) is 3.17. The molecule has 0 bridgehead atoms. The van der Waals surface area contributed by atoms with Gasteiger partial charge in [-0.05, 0) is 12.8 Å².